The number of para-hydroxylation sites is 1. The molecule has 20 heavy (non-hydrogen) atoms. The maximum Gasteiger partial charge on any atom is 0.321 e. The predicted octanol–water partition coefficient (Wildman–Crippen LogP) is -0.291. The summed E-state index contributed by atoms with van der Waals surface area (Å²) in [6.07, 6.45) is -0.352. The van der Waals surface area contributed by atoms with E-state index in [1.165, 1.54) is 12.1 Å². The molecule has 0 aliphatic heterocycles. The van der Waals surface area contributed by atoms with Gasteiger partial charge in [0.25, 0.3) is 5.69 Å². The van der Waals surface area contributed by atoms with Gasteiger partial charge in [-0.25, -0.2) is 8.42 Å². The predicted molar refractivity (Wildman–Crippen MR) is 66.5 cm³/mol. The van der Waals surface area contributed by atoms with Crippen molar-refractivity contribution in [3.63, 3.8) is 0 Å². The largest absolute Gasteiger partial charge is 0.480 e. The topological polar surface area (TPSA) is 147 Å². The molecule has 3 N–H and O–H groups in total. The van der Waals surface area contributed by atoms with Gasteiger partial charge in [0.1, 0.15) is 6.04 Å². The van der Waals surface area contributed by atoms with E-state index in [1.807, 2.05) is 4.72 Å². The molecule has 1 aromatic rings. The molecule has 0 radical (unpaired) electrons. The molecule has 0 saturated carbocycles. The van der Waals surface area contributed by atoms with Gasteiger partial charge >= 0.3 is 5.97 Å². The molecule has 110 valence electrons. The van der Waals surface area contributed by atoms with Crippen LogP contribution in [-0.4, -0.2) is 42.2 Å². The number of aliphatic hydroxyl groups is 1. The van der Waals surface area contributed by atoms with Gasteiger partial charge in [0, 0.05) is 12.7 Å². The van der Waals surface area contributed by atoms with Crippen molar-refractivity contribution in [3.05, 3.63) is 34.4 Å². The van der Waals surface area contributed by atoms with Gasteiger partial charge in [-0.05, 0) is 12.5 Å². The maximum absolute atomic E-state index is 12.0. The van der Waals surface area contributed by atoms with Crippen molar-refractivity contribution in [1.82, 2.24) is 4.72 Å². The molecule has 0 aliphatic carbocycles. The maximum atomic E-state index is 12.0. The van der Waals surface area contributed by atoms with Crippen LogP contribution in [0, 0.1) is 10.1 Å². The van der Waals surface area contributed by atoms with E-state index in [0.29, 0.717) is 0 Å². The van der Waals surface area contributed by atoms with Crippen molar-refractivity contribution in [2.75, 3.05) is 6.61 Å². The highest BCUT2D eigenvalue weighted by molar-refractivity contribution is 7.89. The Morgan fingerprint density at radius 1 is 1.40 bits per heavy atom. The Labute approximate surface area is 114 Å². The fourth-order valence-corrected chi connectivity index (χ4v) is 2.84. The number of hydrogen-bond acceptors (Lipinski definition) is 6. The first-order chi connectivity index (χ1) is 9.29. The van der Waals surface area contributed by atoms with Crippen LogP contribution in [0.15, 0.2) is 29.2 Å². The first-order valence-corrected chi connectivity index (χ1v) is 6.87. The van der Waals surface area contributed by atoms with Crippen LogP contribution >= 0.6 is 0 Å². The summed E-state index contributed by atoms with van der Waals surface area (Å²) < 4.78 is 25.8. The number of carboxylic acids is 1. The lowest BCUT2D eigenvalue weighted by molar-refractivity contribution is -0.387. The van der Waals surface area contributed by atoms with E-state index in [4.69, 9.17) is 10.2 Å². The van der Waals surface area contributed by atoms with Gasteiger partial charge in [0.05, 0.1) is 4.92 Å². The molecule has 9 nitrogen and oxygen atoms in total. The molecular weight excluding hydrogens is 292 g/mol. The minimum atomic E-state index is -4.39. The normalized spacial score (nSPS) is 12.8. The van der Waals surface area contributed by atoms with Crippen LogP contribution < -0.4 is 4.72 Å². The fourth-order valence-electron chi connectivity index (χ4n) is 1.45. The van der Waals surface area contributed by atoms with Crippen molar-refractivity contribution in [3.8, 4) is 0 Å². The van der Waals surface area contributed by atoms with E-state index >= 15 is 0 Å². The first-order valence-electron chi connectivity index (χ1n) is 5.39. The average molecular weight is 304 g/mol. The van der Waals surface area contributed by atoms with Gasteiger partial charge in [-0.1, -0.05) is 12.1 Å². The Bertz CT molecular complexity index is 614. The van der Waals surface area contributed by atoms with Crippen molar-refractivity contribution >= 4 is 21.7 Å². The number of nitro benzene ring substituents is 1. The second kappa shape index (κ2) is 6.41. The van der Waals surface area contributed by atoms with Crippen molar-refractivity contribution in [2.24, 2.45) is 0 Å². The summed E-state index contributed by atoms with van der Waals surface area (Å²) in [5.74, 6) is -1.48. The molecular formula is C10H12N2O7S. The highest BCUT2D eigenvalue weighted by Gasteiger charge is 2.30. The Hall–Kier alpha value is -2.04. The number of carboxylic acid groups (broad SMARTS) is 1. The van der Waals surface area contributed by atoms with Crippen LogP contribution in [0.3, 0.4) is 0 Å². The zero-order valence-electron chi connectivity index (χ0n) is 10.1. The summed E-state index contributed by atoms with van der Waals surface area (Å²) in [6.45, 7) is -0.545. The molecule has 0 aromatic heterocycles. The molecule has 1 rings (SSSR count). The molecule has 0 saturated heterocycles. The van der Waals surface area contributed by atoms with E-state index < -0.39 is 44.1 Å². The number of hydrogen-bond donors (Lipinski definition) is 3. The number of sulfonamides is 1. The molecule has 0 amide bonds. The number of rotatable bonds is 7. The number of nitro groups is 1. The lowest BCUT2D eigenvalue weighted by Crippen LogP contribution is -2.41. The number of aliphatic carboxylic acids is 1. The third-order valence-corrected chi connectivity index (χ3v) is 3.88. The standard InChI is InChI=1S/C10H12N2O7S/c13-6-5-7(10(14)15)11-20(18,19)9-4-2-1-3-8(9)12(16)17/h1-4,7,11,13H,5-6H2,(H,14,15). The fraction of sp³-hybridized carbons (Fsp3) is 0.300. The van der Waals surface area contributed by atoms with Gasteiger partial charge in [0.15, 0.2) is 4.90 Å². The third kappa shape index (κ3) is 3.73. The highest BCUT2D eigenvalue weighted by Crippen LogP contribution is 2.23. The Kier molecular flexibility index (Phi) is 5.13. The van der Waals surface area contributed by atoms with E-state index in [2.05, 4.69) is 0 Å². The zero-order chi connectivity index (χ0) is 15.3. The molecule has 10 heteroatoms. The minimum absolute atomic E-state index is 0.352. The van der Waals surface area contributed by atoms with Crippen LogP contribution in [0.5, 0.6) is 0 Å². The Morgan fingerprint density at radius 2 is 2.00 bits per heavy atom. The molecule has 0 bridgehead atoms. The molecule has 0 spiro atoms. The summed E-state index contributed by atoms with van der Waals surface area (Å²) in [7, 11) is -4.39. The smallest absolute Gasteiger partial charge is 0.321 e. The number of nitrogens with zero attached hydrogens (tertiary/aromatic N) is 1. The lowest BCUT2D eigenvalue weighted by Gasteiger charge is -2.13. The van der Waals surface area contributed by atoms with Crippen molar-refractivity contribution in [1.29, 1.82) is 0 Å². The SMILES string of the molecule is O=C(O)C(CCO)NS(=O)(=O)c1ccccc1[N+](=O)[O-]. The van der Waals surface area contributed by atoms with Gasteiger partial charge in [0.2, 0.25) is 10.0 Å². The molecule has 1 aromatic carbocycles. The summed E-state index contributed by atoms with van der Waals surface area (Å²) >= 11 is 0. The Balaban J connectivity index is 3.17. The van der Waals surface area contributed by atoms with Gasteiger partial charge in [-0.2, -0.15) is 4.72 Å². The van der Waals surface area contributed by atoms with E-state index in [1.54, 1.807) is 0 Å². The van der Waals surface area contributed by atoms with Crippen LogP contribution in [0.2, 0.25) is 0 Å². The number of benzene rings is 1. The second-order valence-corrected chi connectivity index (χ2v) is 5.43. The highest BCUT2D eigenvalue weighted by atomic mass is 32.2. The van der Waals surface area contributed by atoms with Crippen LogP contribution in [0.1, 0.15) is 6.42 Å². The molecule has 0 aliphatic rings. The van der Waals surface area contributed by atoms with Crippen LogP contribution in [-0.2, 0) is 14.8 Å². The molecule has 1 unspecified atom stereocenters. The number of aliphatic hydroxyl groups excluding tert-OH is 1. The average Bonchev–Trinajstić information content (AvgIpc) is 2.38. The monoisotopic (exact) mass is 304 g/mol. The molecule has 0 fully saturated rings. The quantitative estimate of drug-likeness (QED) is 0.463. The van der Waals surface area contributed by atoms with Gasteiger partial charge < -0.3 is 10.2 Å². The van der Waals surface area contributed by atoms with Gasteiger partial charge in [-0.15, -0.1) is 0 Å². The summed E-state index contributed by atoms with van der Waals surface area (Å²) in [5.41, 5.74) is -0.659. The molecule has 1 atom stereocenters. The Morgan fingerprint density at radius 3 is 2.50 bits per heavy atom. The zero-order valence-corrected chi connectivity index (χ0v) is 10.9. The van der Waals surface area contributed by atoms with Gasteiger partial charge in [-0.3, -0.25) is 14.9 Å². The molecule has 0 heterocycles. The van der Waals surface area contributed by atoms with Crippen LogP contribution in [0.25, 0.3) is 0 Å². The number of nitrogens with one attached hydrogen (secondary N) is 1. The van der Waals surface area contributed by atoms with E-state index in [-0.39, 0.29) is 6.42 Å². The summed E-state index contributed by atoms with van der Waals surface area (Å²) in [6, 6.07) is 3.00. The van der Waals surface area contributed by atoms with E-state index in [0.717, 1.165) is 12.1 Å². The summed E-state index contributed by atoms with van der Waals surface area (Å²) in [5, 5.41) is 28.3. The van der Waals surface area contributed by atoms with Crippen LogP contribution in [0.4, 0.5) is 5.69 Å². The number of carbonyl (C=O) groups is 1. The first kappa shape index (κ1) is 16.0. The lowest BCUT2D eigenvalue weighted by atomic mass is 10.2. The third-order valence-electron chi connectivity index (χ3n) is 2.36. The van der Waals surface area contributed by atoms with E-state index in [9.17, 15) is 23.3 Å². The minimum Gasteiger partial charge on any atom is -0.480 e. The van der Waals surface area contributed by atoms with Crippen molar-refractivity contribution in [2.45, 2.75) is 17.4 Å². The van der Waals surface area contributed by atoms with Crippen molar-refractivity contribution < 1.29 is 28.3 Å². The second-order valence-electron chi connectivity index (χ2n) is 3.75. The summed E-state index contributed by atoms with van der Waals surface area (Å²) in [4.78, 5) is 20.1.